The fourth-order valence-electron chi connectivity index (χ4n) is 2.73. The van der Waals surface area contributed by atoms with E-state index in [1.54, 1.807) is 0 Å². The number of hydrogen-bond donors (Lipinski definition) is 3. The molecule has 7 nitrogen and oxygen atoms in total. The molecular formula is C15H28N4O3. The van der Waals surface area contributed by atoms with Crippen LogP contribution in [0.15, 0.2) is 0 Å². The van der Waals surface area contributed by atoms with Gasteiger partial charge in [-0.05, 0) is 26.2 Å². The van der Waals surface area contributed by atoms with Crippen LogP contribution in [0.5, 0.6) is 0 Å². The maximum atomic E-state index is 11.9. The lowest BCUT2D eigenvalue weighted by atomic mass is 9.99. The molecule has 0 spiro atoms. The van der Waals surface area contributed by atoms with Crippen molar-refractivity contribution in [1.82, 2.24) is 15.6 Å². The van der Waals surface area contributed by atoms with Crippen molar-refractivity contribution in [2.45, 2.75) is 77.4 Å². The normalized spacial score (nSPS) is 21.4. The number of imide groups is 1. The van der Waals surface area contributed by atoms with Gasteiger partial charge in [-0.2, -0.15) is 0 Å². The van der Waals surface area contributed by atoms with Gasteiger partial charge in [0.2, 0.25) is 17.7 Å². The van der Waals surface area contributed by atoms with Crippen LogP contribution in [0, 0.1) is 0 Å². The molecule has 126 valence electrons. The first-order chi connectivity index (χ1) is 10.4. The molecule has 1 aliphatic rings. The molecule has 0 aromatic rings. The summed E-state index contributed by atoms with van der Waals surface area (Å²) in [5.74, 6) is 5.52. The summed E-state index contributed by atoms with van der Waals surface area (Å²) in [6, 6.07) is -0.513. The van der Waals surface area contributed by atoms with Crippen molar-refractivity contribution in [2.75, 3.05) is 0 Å². The smallest absolute Gasteiger partial charge is 0.245 e. The van der Waals surface area contributed by atoms with Gasteiger partial charge in [-0.1, -0.05) is 20.3 Å². The number of hydrogen-bond acceptors (Lipinski definition) is 5. The molecule has 0 saturated carbocycles. The van der Waals surface area contributed by atoms with E-state index in [-0.39, 0.29) is 29.8 Å². The van der Waals surface area contributed by atoms with Gasteiger partial charge in [0.15, 0.2) is 0 Å². The largest absolute Gasteiger partial charge is 0.353 e. The fraction of sp³-hybridized carbons (Fsp3) is 0.800. The molecule has 22 heavy (non-hydrogen) atoms. The number of carbonyl (C=O) groups is 3. The van der Waals surface area contributed by atoms with Crippen molar-refractivity contribution in [3.8, 4) is 0 Å². The second kappa shape index (κ2) is 8.85. The van der Waals surface area contributed by atoms with Gasteiger partial charge < -0.3 is 5.32 Å². The molecule has 0 aromatic carbocycles. The Morgan fingerprint density at radius 3 is 2.68 bits per heavy atom. The molecule has 0 aromatic heterocycles. The summed E-state index contributed by atoms with van der Waals surface area (Å²) in [5.41, 5.74) is 0. The molecule has 3 atom stereocenters. The van der Waals surface area contributed by atoms with Gasteiger partial charge in [0.05, 0.1) is 0 Å². The standard InChI is InChI=1S/C15H28N4O3/c1-4-6-11(17-13(20)5-2)9-10(3)19(16)12-7-8-14(21)18-15(12)22/h10-12H,4-9,16H2,1-3H3,(H,17,20)(H,18,21,22). The Morgan fingerprint density at radius 2 is 2.14 bits per heavy atom. The highest BCUT2D eigenvalue weighted by molar-refractivity contribution is 6.00. The van der Waals surface area contributed by atoms with Gasteiger partial charge in [-0.15, -0.1) is 0 Å². The highest BCUT2D eigenvalue weighted by Crippen LogP contribution is 2.16. The average molecular weight is 312 g/mol. The molecule has 0 aliphatic carbocycles. The molecule has 4 N–H and O–H groups in total. The average Bonchev–Trinajstić information content (AvgIpc) is 2.46. The minimum atomic E-state index is -0.489. The van der Waals surface area contributed by atoms with E-state index in [4.69, 9.17) is 5.84 Å². The number of piperidine rings is 1. The van der Waals surface area contributed by atoms with Crippen LogP contribution in [0.4, 0.5) is 0 Å². The second-order valence-corrected chi connectivity index (χ2v) is 5.91. The Balaban J connectivity index is 2.60. The Hall–Kier alpha value is -1.47. The highest BCUT2D eigenvalue weighted by Gasteiger charge is 2.33. The maximum absolute atomic E-state index is 11.9. The molecule has 1 aliphatic heterocycles. The van der Waals surface area contributed by atoms with Crippen LogP contribution in [-0.4, -0.2) is 40.9 Å². The van der Waals surface area contributed by atoms with E-state index in [9.17, 15) is 14.4 Å². The third-order valence-corrected chi connectivity index (χ3v) is 4.03. The van der Waals surface area contributed by atoms with E-state index in [1.807, 2.05) is 13.8 Å². The summed E-state index contributed by atoms with van der Waals surface area (Å²) < 4.78 is 0. The summed E-state index contributed by atoms with van der Waals surface area (Å²) in [6.07, 6.45) is 3.71. The summed E-state index contributed by atoms with van der Waals surface area (Å²) in [5, 5.41) is 6.83. The molecule has 1 saturated heterocycles. The number of nitrogens with two attached hydrogens (primary N) is 1. The van der Waals surface area contributed by atoms with Gasteiger partial charge in [-0.25, -0.2) is 5.01 Å². The van der Waals surface area contributed by atoms with Crippen LogP contribution >= 0.6 is 0 Å². The molecule has 3 amide bonds. The summed E-state index contributed by atoms with van der Waals surface area (Å²) >= 11 is 0. The zero-order chi connectivity index (χ0) is 16.7. The van der Waals surface area contributed by atoms with Gasteiger partial charge in [0, 0.05) is 24.9 Å². The zero-order valence-electron chi connectivity index (χ0n) is 13.7. The van der Waals surface area contributed by atoms with E-state index in [0.717, 1.165) is 12.8 Å². The molecule has 1 fully saturated rings. The van der Waals surface area contributed by atoms with Crippen LogP contribution in [0.3, 0.4) is 0 Å². The predicted molar refractivity (Wildman–Crippen MR) is 83.4 cm³/mol. The zero-order valence-corrected chi connectivity index (χ0v) is 13.7. The lowest BCUT2D eigenvalue weighted by molar-refractivity contribution is -0.138. The van der Waals surface area contributed by atoms with Crippen molar-refractivity contribution in [3.63, 3.8) is 0 Å². The van der Waals surface area contributed by atoms with Gasteiger partial charge in [0.1, 0.15) is 6.04 Å². The van der Waals surface area contributed by atoms with Crippen molar-refractivity contribution in [2.24, 2.45) is 5.84 Å². The first-order valence-corrected chi connectivity index (χ1v) is 8.05. The van der Waals surface area contributed by atoms with E-state index >= 15 is 0 Å². The maximum Gasteiger partial charge on any atom is 0.245 e. The minimum Gasteiger partial charge on any atom is -0.353 e. The van der Waals surface area contributed by atoms with Gasteiger partial charge in [0.25, 0.3) is 0 Å². The van der Waals surface area contributed by atoms with Crippen molar-refractivity contribution < 1.29 is 14.4 Å². The number of carbonyl (C=O) groups excluding carboxylic acids is 3. The number of nitrogens with zero attached hydrogens (tertiary/aromatic N) is 1. The third kappa shape index (κ3) is 5.38. The Kier molecular flexibility index (Phi) is 7.47. The first-order valence-electron chi connectivity index (χ1n) is 8.05. The van der Waals surface area contributed by atoms with Crippen molar-refractivity contribution in [1.29, 1.82) is 0 Å². The second-order valence-electron chi connectivity index (χ2n) is 5.91. The van der Waals surface area contributed by atoms with E-state index < -0.39 is 6.04 Å². The predicted octanol–water partition coefficient (Wildman–Crippen LogP) is 0.441. The summed E-state index contributed by atoms with van der Waals surface area (Å²) in [7, 11) is 0. The molecule has 0 radical (unpaired) electrons. The lowest BCUT2D eigenvalue weighted by Gasteiger charge is -2.35. The number of rotatable bonds is 8. The van der Waals surface area contributed by atoms with E-state index in [1.165, 1.54) is 5.01 Å². The fourth-order valence-corrected chi connectivity index (χ4v) is 2.73. The Labute approximate surface area is 131 Å². The molecule has 0 bridgehead atoms. The minimum absolute atomic E-state index is 0.0234. The topological polar surface area (TPSA) is 105 Å². The summed E-state index contributed by atoms with van der Waals surface area (Å²) in [6.45, 7) is 5.82. The lowest BCUT2D eigenvalue weighted by Crippen LogP contribution is -2.58. The summed E-state index contributed by atoms with van der Waals surface area (Å²) in [4.78, 5) is 34.6. The van der Waals surface area contributed by atoms with Gasteiger partial charge >= 0.3 is 0 Å². The molecule has 1 rings (SSSR count). The van der Waals surface area contributed by atoms with Crippen LogP contribution in [0.25, 0.3) is 0 Å². The highest BCUT2D eigenvalue weighted by atomic mass is 16.2. The monoisotopic (exact) mass is 312 g/mol. The molecule has 7 heteroatoms. The molecular weight excluding hydrogens is 284 g/mol. The number of hydrazine groups is 1. The van der Waals surface area contributed by atoms with E-state index in [0.29, 0.717) is 25.7 Å². The van der Waals surface area contributed by atoms with Crippen LogP contribution < -0.4 is 16.5 Å². The van der Waals surface area contributed by atoms with Crippen LogP contribution in [0.2, 0.25) is 0 Å². The Morgan fingerprint density at radius 1 is 1.45 bits per heavy atom. The molecule has 3 unspecified atom stereocenters. The first kappa shape index (κ1) is 18.6. The van der Waals surface area contributed by atoms with Gasteiger partial charge in [-0.3, -0.25) is 25.5 Å². The SMILES string of the molecule is CCCC(CC(C)N(N)C1CCC(=O)NC1=O)NC(=O)CC. The third-order valence-electron chi connectivity index (χ3n) is 4.03. The van der Waals surface area contributed by atoms with E-state index in [2.05, 4.69) is 17.6 Å². The number of amides is 3. The van der Waals surface area contributed by atoms with Crippen molar-refractivity contribution >= 4 is 17.7 Å². The molecule has 1 heterocycles. The van der Waals surface area contributed by atoms with Crippen molar-refractivity contribution in [3.05, 3.63) is 0 Å². The van der Waals surface area contributed by atoms with Crippen LogP contribution in [-0.2, 0) is 14.4 Å². The van der Waals surface area contributed by atoms with Crippen LogP contribution in [0.1, 0.15) is 59.3 Å². The Bertz CT molecular complexity index is 414. The quantitative estimate of drug-likeness (QED) is 0.343. The number of nitrogens with one attached hydrogen (secondary N) is 2.